The fraction of sp³-hybridized carbons (Fsp3) is 0.227. The Hall–Kier alpha value is -2.92. The fourth-order valence-corrected chi connectivity index (χ4v) is 3.02. The summed E-state index contributed by atoms with van der Waals surface area (Å²) in [6, 6.07) is 20.4. The lowest BCUT2D eigenvalue weighted by molar-refractivity contribution is -0.122. The van der Waals surface area contributed by atoms with Gasteiger partial charge in [0.1, 0.15) is 6.54 Å². The Morgan fingerprint density at radius 2 is 1.79 bits per heavy atom. The first-order valence-electron chi connectivity index (χ1n) is 9.18. The van der Waals surface area contributed by atoms with Crippen LogP contribution < -0.4 is 10.9 Å². The molecule has 1 unspecified atom stereocenters. The highest BCUT2D eigenvalue weighted by Gasteiger charge is 2.11. The third kappa shape index (κ3) is 5.54. The number of halogens is 1. The summed E-state index contributed by atoms with van der Waals surface area (Å²) < 4.78 is 1.18. The van der Waals surface area contributed by atoms with Crippen molar-refractivity contribution in [3.8, 4) is 11.3 Å². The van der Waals surface area contributed by atoms with Gasteiger partial charge in [-0.2, -0.15) is 5.10 Å². The lowest BCUT2D eigenvalue weighted by atomic mass is 10.1. The van der Waals surface area contributed by atoms with Crippen molar-refractivity contribution in [2.24, 2.45) is 0 Å². The van der Waals surface area contributed by atoms with Crippen molar-refractivity contribution in [1.82, 2.24) is 15.1 Å². The number of hydrogen-bond acceptors (Lipinski definition) is 3. The van der Waals surface area contributed by atoms with Gasteiger partial charge in [-0.3, -0.25) is 9.59 Å². The quantitative estimate of drug-likeness (QED) is 0.663. The number of amides is 1. The van der Waals surface area contributed by atoms with E-state index in [1.807, 2.05) is 37.3 Å². The highest BCUT2D eigenvalue weighted by molar-refractivity contribution is 6.30. The summed E-state index contributed by atoms with van der Waals surface area (Å²) in [5.41, 5.74) is 2.36. The minimum atomic E-state index is -0.315. The SMILES string of the molecule is CC(CCc1ccccc1)NC(=O)Cn1nc(-c2ccc(Cl)cc2)ccc1=O. The van der Waals surface area contributed by atoms with Crippen molar-refractivity contribution in [1.29, 1.82) is 0 Å². The molecule has 1 N–H and O–H groups in total. The van der Waals surface area contributed by atoms with E-state index in [4.69, 9.17) is 11.6 Å². The third-order valence-corrected chi connectivity index (χ3v) is 4.67. The Morgan fingerprint density at radius 1 is 1.07 bits per heavy atom. The van der Waals surface area contributed by atoms with Crippen molar-refractivity contribution in [3.63, 3.8) is 0 Å². The second-order valence-corrected chi connectivity index (χ2v) is 7.15. The van der Waals surface area contributed by atoms with Gasteiger partial charge in [-0.1, -0.05) is 54.1 Å². The Bertz CT molecular complexity index is 985. The molecule has 0 bridgehead atoms. The molecule has 2 aromatic carbocycles. The van der Waals surface area contributed by atoms with Crippen LogP contribution in [0, 0.1) is 0 Å². The van der Waals surface area contributed by atoms with E-state index < -0.39 is 0 Å². The van der Waals surface area contributed by atoms with Crippen LogP contribution in [0.4, 0.5) is 0 Å². The molecule has 6 heteroatoms. The molecule has 0 saturated carbocycles. The van der Waals surface area contributed by atoms with E-state index in [1.54, 1.807) is 18.2 Å². The first kappa shape index (κ1) is 19.8. The number of carbonyl (C=O) groups excluding carboxylic acids is 1. The van der Waals surface area contributed by atoms with Crippen LogP contribution in [-0.4, -0.2) is 21.7 Å². The zero-order valence-electron chi connectivity index (χ0n) is 15.6. The normalized spacial score (nSPS) is 11.8. The van der Waals surface area contributed by atoms with Gasteiger partial charge < -0.3 is 5.32 Å². The van der Waals surface area contributed by atoms with Crippen LogP contribution >= 0.6 is 11.6 Å². The van der Waals surface area contributed by atoms with Crippen LogP contribution in [-0.2, 0) is 17.8 Å². The predicted molar refractivity (Wildman–Crippen MR) is 111 cm³/mol. The summed E-state index contributed by atoms with van der Waals surface area (Å²) in [5.74, 6) is -0.233. The lowest BCUT2D eigenvalue weighted by Crippen LogP contribution is -2.38. The van der Waals surface area contributed by atoms with Crippen molar-refractivity contribution in [2.45, 2.75) is 32.4 Å². The smallest absolute Gasteiger partial charge is 0.267 e. The molecule has 28 heavy (non-hydrogen) atoms. The number of benzene rings is 2. The second-order valence-electron chi connectivity index (χ2n) is 6.71. The molecule has 0 spiro atoms. The van der Waals surface area contributed by atoms with Crippen LogP contribution in [0.2, 0.25) is 5.02 Å². The van der Waals surface area contributed by atoms with E-state index in [1.165, 1.54) is 16.3 Å². The second kappa shape index (κ2) is 9.33. The Morgan fingerprint density at radius 3 is 2.50 bits per heavy atom. The monoisotopic (exact) mass is 395 g/mol. The zero-order valence-corrected chi connectivity index (χ0v) is 16.4. The molecule has 0 aliphatic carbocycles. The lowest BCUT2D eigenvalue weighted by Gasteiger charge is -2.14. The summed E-state index contributed by atoms with van der Waals surface area (Å²) in [6.07, 6.45) is 1.70. The summed E-state index contributed by atoms with van der Waals surface area (Å²) in [7, 11) is 0. The van der Waals surface area contributed by atoms with Crippen molar-refractivity contribution >= 4 is 17.5 Å². The molecule has 1 amide bonds. The van der Waals surface area contributed by atoms with Gasteiger partial charge in [-0.05, 0) is 43.5 Å². The van der Waals surface area contributed by atoms with E-state index in [-0.39, 0.29) is 24.1 Å². The van der Waals surface area contributed by atoms with Gasteiger partial charge in [0.15, 0.2) is 0 Å². The molecule has 0 aliphatic rings. The van der Waals surface area contributed by atoms with E-state index in [0.717, 1.165) is 18.4 Å². The maximum absolute atomic E-state index is 12.4. The molecule has 1 atom stereocenters. The van der Waals surface area contributed by atoms with Crippen molar-refractivity contribution < 1.29 is 4.79 Å². The zero-order chi connectivity index (χ0) is 19.9. The fourth-order valence-electron chi connectivity index (χ4n) is 2.89. The van der Waals surface area contributed by atoms with Crippen molar-refractivity contribution in [3.05, 3.63) is 87.7 Å². The molecule has 3 aromatic rings. The van der Waals surface area contributed by atoms with Gasteiger partial charge in [-0.15, -0.1) is 0 Å². The number of aromatic nitrogens is 2. The van der Waals surface area contributed by atoms with Crippen LogP contribution in [0.5, 0.6) is 0 Å². The molecule has 144 valence electrons. The summed E-state index contributed by atoms with van der Waals surface area (Å²) >= 11 is 5.91. The summed E-state index contributed by atoms with van der Waals surface area (Å²) in [4.78, 5) is 24.4. The van der Waals surface area contributed by atoms with E-state index in [2.05, 4.69) is 22.5 Å². The van der Waals surface area contributed by atoms with E-state index in [9.17, 15) is 9.59 Å². The molecule has 5 nitrogen and oxygen atoms in total. The molecule has 0 saturated heterocycles. The third-order valence-electron chi connectivity index (χ3n) is 4.42. The number of aryl methyl sites for hydroxylation is 1. The highest BCUT2D eigenvalue weighted by Crippen LogP contribution is 2.18. The standard InChI is InChI=1S/C22H22ClN3O2/c1-16(7-8-17-5-3-2-4-6-17)24-21(27)15-26-22(28)14-13-20(25-26)18-9-11-19(23)12-10-18/h2-6,9-14,16H,7-8,15H2,1H3,(H,24,27). The average molecular weight is 396 g/mol. The molecular formula is C22H22ClN3O2. The average Bonchev–Trinajstić information content (AvgIpc) is 2.69. The van der Waals surface area contributed by atoms with E-state index in [0.29, 0.717) is 10.7 Å². The van der Waals surface area contributed by atoms with Gasteiger partial charge in [-0.25, -0.2) is 4.68 Å². The molecule has 3 rings (SSSR count). The van der Waals surface area contributed by atoms with E-state index >= 15 is 0 Å². The minimum absolute atomic E-state index is 0.00264. The van der Waals surface area contributed by atoms with Crippen LogP contribution in [0.15, 0.2) is 71.5 Å². The summed E-state index contributed by atoms with van der Waals surface area (Å²) in [5, 5.41) is 7.88. The number of carbonyl (C=O) groups is 1. The Balaban J connectivity index is 1.61. The highest BCUT2D eigenvalue weighted by atomic mass is 35.5. The summed E-state index contributed by atoms with van der Waals surface area (Å²) in [6.45, 7) is 1.84. The number of nitrogens with one attached hydrogen (secondary N) is 1. The Kier molecular flexibility index (Phi) is 6.61. The number of hydrogen-bond donors (Lipinski definition) is 1. The first-order chi connectivity index (χ1) is 13.5. The van der Waals surface area contributed by atoms with Crippen molar-refractivity contribution in [2.75, 3.05) is 0 Å². The topological polar surface area (TPSA) is 64.0 Å². The van der Waals surface area contributed by atoms with Gasteiger partial charge in [0.25, 0.3) is 5.56 Å². The molecule has 1 aromatic heterocycles. The predicted octanol–water partition coefficient (Wildman–Crippen LogP) is 3.70. The largest absolute Gasteiger partial charge is 0.352 e. The van der Waals surface area contributed by atoms with Crippen LogP contribution in [0.3, 0.4) is 0 Å². The molecular weight excluding hydrogens is 374 g/mol. The first-order valence-corrected chi connectivity index (χ1v) is 9.56. The van der Waals surface area contributed by atoms with Gasteiger partial charge in [0.2, 0.25) is 5.91 Å². The minimum Gasteiger partial charge on any atom is -0.352 e. The van der Waals surface area contributed by atoms with Gasteiger partial charge >= 0.3 is 0 Å². The molecule has 0 aliphatic heterocycles. The maximum atomic E-state index is 12.4. The maximum Gasteiger partial charge on any atom is 0.267 e. The van der Waals surface area contributed by atoms with Crippen LogP contribution in [0.25, 0.3) is 11.3 Å². The van der Waals surface area contributed by atoms with Gasteiger partial charge in [0, 0.05) is 22.7 Å². The number of rotatable bonds is 7. The van der Waals surface area contributed by atoms with Gasteiger partial charge in [0.05, 0.1) is 5.69 Å². The number of nitrogens with zero attached hydrogens (tertiary/aromatic N) is 2. The molecule has 0 radical (unpaired) electrons. The van der Waals surface area contributed by atoms with Crippen LogP contribution in [0.1, 0.15) is 18.9 Å². The Labute approximate surface area is 169 Å². The molecule has 1 heterocycles. The molecule has 0 fully saturated rings.